The van der Waals surface area contributed by atoms with Crippen molar-refractivity contribution in [3.63, 3.8) is 0 Å². The summed E-state index contributed by atoms with van der Waals surface area (Å²) >= 11 is 6.81. The van der Waals surface area contributed by atoms with E-state index in [4.69, 9.17) is 14.6 Å². The molecule has 0 amide bonds. The molecule has 2 aromatic rings. The maximum absolute atomic E-state index is 7.76. The van der Waals surface area contributed by atoms with Crippen molar-refractivity contribution in [2.75, 3.05) is 19.8 Å². The Kier molecular flexibility index (Phi) is 19.7. The van der Waals surface area contributed by atoms with Crippen LogP contribution in [0.1, 0.15) is 22.3 Å². The van der Waals surface area contributed by atoms with Gasteiger partial charge in [-0.15, -0.1) is 19.7 Å². The fraction of sp³-hybridized carbons (Fsp3) is 0.280. The van der Waals surface area contributed by atoms with E-state index in [9.17, 15) is 0 Å². The van der Waals surface area contributed by atoms with Crippen LogP contribution >= 0.6 is 31.9 Å². The minimum Gasteiger partial charge on any atom is -0.392 e. The minimum absolute atomic E-state index is 0.0833. The third-order valence-corrected chi connectivity index (χ3v) is 4.72. The molecule has 0 atom stereocenters. The van der Waals surface area contributed by atoms with Crippen LogP contribution in [0.5, 0.6) is 0 Å². The second-order valence-corrected chi connectivity index (χ2v) is 7.11. The monoisotopic (exact) mass is 538 g/mol. The highest BCUT2D eigenvalue weighted by Gasteiger charge is 1.96. The van der Waals surface area contributed by atoms with E-state index in [0.29, 0.717) is 26.4 Å². The molecular weight excluding hydrogens is 508 g/mol. The molecule has 164 valence electrons. The lowest BCUT2D eigenvalue weighted by Crippen LogP contribution is -1.96. The number of benzene rings is 2. The van der Waals surface area contributed by atoms with Gasteiger partial charge >= 0.3 is 0 Å². The normalized spacial score (nSPS) is 9.43. The molecule has 0 saturated heterocycles. The van der Waals surface area contributed by atoms with Gasteiger partial charge in [0.1, 0.15) is 0 Å². The van der Waals surface area contributed by atoms with Crippen LogP contribution in [-0.4, -0.2) is 24.9 Å². The molecule has 0 heterocycles. The number of aliphatic hydroxyl groups excluding tert-OH is 1. The highest BCUT2D eigenvalue weighted by atomic mass is 79.9. The molecule has 5 heteroatoms. The summed E-state index contributed by atoms with van der Waals surface area (Å²) < 4.78 is 10.7. The standard InChI is InChI=1S/C14H18O2.C8H8Br2.C3H6O/c1-3-8-15-11-13-6-5-7-14(10-13)12-16-9-4-2;9-5-7-2-1-3-8(4-7)6-10;1-2-3-4/h3-7,10H,1-2,8-9,11-12H2;1-4H,5-6H2;2,4H,1,3H2. The van der Waals surface area contributed by atoms with Crippen LogP contribution in [0.25, 0.3) is 0 Å². The molecule has 30 heavy (non-hydrogen) atoms. The maximum Gasteiger partial charge on any atom is 0.0721 e. The van der Waals surface area contributed by atoms with E-state index in [1.807, 2.05) is 18.2 Å². The first kappa shape index (κ1) is 28.5. The molecule has 0 aliphatic carbocycles. The largest absolute Gasteiger partial charge is 0.392 e. The Labute approximate surface area is 198 Å². The zero-order valence-corrected chi connectivity index (χ0v) is 20.6. The van der Waals surface area contributed by atoms with Gasteiger partial charge in [-0.05, 0) is 22.3 Å². The number of ether oxygens (including phenoxy) is 2. The van der Waals surface area contributed by atoms with Crippen LogP contribution in [0.4, 0.5) is 0 Å². The van der Waals surface area contributed by atoms with Gasteiger partial charge in [0.05, 0.1) is 33.0 Å². The quantitative estimate of drug-likeness (QED) is 0.195. The first-order valence-electron chi connectivity index (χ1n) is 9.51. The van der Waals surface area contributed by atoms with Crippen molar-refractivity contribution >= 4 is 31.9 Å². The lowest BCUT2D eigenvalue weighted by atomic mass is 10.1. The Hall–Kier alpha value is -1.50. The van der Waals surface area contributed by atoms with Gasteiger partial charge in [0, 0.05) is 10.7 Å². The summed E-state index contributed by atoms with van der Waals surface area (Å²) in [7, 11) is 0. The molecule has 2 rings (SSSR count). The van der Waals surface area contributed by atoms with Crippen LogP contribution in [0, 0.1) is 0 Å². The smallest absolute Gasteiger partial charge is 0.0721 e. The molecule has 0 radical (unpaired) electrons. The summed E-state index contributed by atoms with van der Waals surface area (Å²) in [5.74, 6) is 0. The van der Waals surface area contributed by atoms with Gasteiger partial charge < -0.3 is 14.6 Å². The zero-order valence-electron chi connectivity index (χ0n) is 17.4. The van der Waals surface area contributed by atoms with Crippen molar-refractivity contribution < 1.29 is 14.6 Å². The number of halogens is 2. The van der Waals surface area contributed by atoms with Gasteiger partial charge in [-0.1, -0.05) is 98.6 Å². The summed E-state index contributed by atoms with van der Waals surface area (Å²) in [5.41, 5.74) is 4.97. The summed E-state index contributed by atoms with van der Waals surface area (Å²) in [5, 5.41) is 9.63. The topological polar surface area (TPSA) is 38.7 Å². The van der Waals surface area contributed by atoms with E-state index in [0.717, 1.165) is 21.8 Å². The fourth-order valence-corrected chi connectivity index (χ4v) is 2.82. The molecule has 0 aliphatic rings. The highest BCUT2D eigenvalue weighted by Crippen LogP contribution is 2.11. The van der Waals surface area contributed by atoms with E-state index in [2.05, 4.69) is 81.9 Å². The average molecular weight is 540 g/mol. The van der Waals surface area contributed by atoms with E-state index in [1.165, 1.54) is 17.2 Å². The molecule has 3 nitrogen and oxygen atoms in total. The predicted molar refractivity (Wildman–Crippen MR) is 135 cm³/mol. The first-order chi connectivity index (χ1) is 14.6. The SMILES string of the molecule is BrCc1cccc(CBr)c1.C=CCO.C=CCOCc1cccc(COCC=C)c1. The molecule has 0 saturated carbocycles. The zero-order chi connectivity index (χ0) is 22.5. The number of aliphatic hydroxyl groups is 1. The van der Waals surface area contributed by atoms with Crippen molar-refractivity contribution in [1.29, 1.82) is 0 Å². The molecule has 0 aromatic heterocycles. The van der Waals surface area contributed by atoms with E-state index in [-0.39, 0.29) is 6.61 Å². The first-order valence-corrected chi connectivity index (χ1v) is 11.8. The summed E-state index contributed by atoms with van der Waals surface area (Å²) in [6.45, 7) is 12.9. The third kappa shape index (κ3) is 15.4. The second kappa shape index (κ2) is 20.8. The van der Waals surface area contributed by atoms with Crippen LogP contribution < -0.4 is 0 Å². The summed E-state index contributed by atoms with van der Waals surface area (Å²) in [4.78, 5) is 0. The van der Waals surface area contributed by atoms with Crippen molar-refractivity contribution in [2.24, 2.45) is 0 Å². The summed E-state index contributed by atoms with van der Waals surface area (Å²) in [6.07, 6.45) is 4.92. The molecule has 0 spiro atoms. The van der Waals surface area contributed by atoms with Crippen LogP contribution in [0.15, 0.2) is 86.5 Å². The molecule has 0 bridgehead atoms. The van der Waals surface area contributed by atoms with Crippen LogP contribution in [-0.2, 0) is 33.3 Å². The maximum atomic E-state index is 7.76. The lowest BCUT2D eigenvalue weighted by molar-refractivity contribution is 0.144. The van der Waals surface area contributed by atoms with E-state index >= 15 is 0 Å². The van der Waals surface area contributed by atoms with Gasteiger partial charge in [0.15, 0.2) is 0 Å². The predicted octanol–water partition coefficient (Wildman–Crippen LogP) is 6.73. The lowest BCUT2D eigenvalue weighted by Gasteiger charge is -2.05. The Bertz CT molecular complexity index is 669. The summed E-state index contributed by atoms with van der Waals surface area (Å²) in [6, 6.07) is 16.7. The second-order valence-electron chi connectivity index (χ2n) is 5.99. The Balaban J connectivity index is 0.000000510. The van der Waals surface area contributed by atoms with Crippen molar-refractivity contribution in [2.45, 2.75) is 23.9 Å². The van der Waals surface area contributed by atoms with Gasteiger partial charge in [-0.3, -0.25) is 0 Å². The van der Waals surface area contributed by atoms with Crippen molar-refractivity contribution in [3.05, 3.63) is 109 Å². The fourth-order valence-electron chi connectivity index (χ4n) is 2.13. The Morgan fingerprint density at radius 3 is 1.40 bits per heavy atom. The number of hydrogen-bond acceptors (Lipinski definition) is 3. The number of alkyl halides is 2. The number of hydrogen-bond donors (Lipinski definition) is 1. The van der Waals surface area contributed by atoms with Crippen LogP contribution in [0.3, 0.4) is 0 Å². The Morgan fingerprint density at radius 2 is 1.07 bits per heavy atom. The molecule has 0 unspecified atom stereocenters. The van der Waals surface area contributed by atoms with Crippen molar-refractivity contribution in [1.82, 2.24) is 0 Å². The molecule has 1 N–H and O–H groups in total. The van der Waals surface area contributed by atoms with Crippen LogP contribution in [0.2, 0.25) is 0 Å². The van der Waals surface area contributed by atoms with Gasteiger partial charge in [0.2, 0.25) is 0 Å². The highest BCUT2D eigenvalue weighted by molar-refractivity contribution is 9.08. The minimum atomic E-state index is 0.0833. The van der Waals surface area contributed by atoms with E-state index < -0.39 is 0 Å². The molecular formula is C25H32Br2O3. The number of rotatable bonds is 11. The van der Waals surface area contributed by atoms with Gasteiger partial charge in [0.25, 0.3) is 0 Å². The van der Waals surface area contributed by atoms with Gasteiger partial charge in [-0.2, -0.15) is 0 Å². The van der Waals surface area contributed by atoms with E-state index in [1.54, 1.807) is 12.2 Å². The average Bonchev–Trinajstić information content (AvgIpc) is 2.80. The molecule has 0 aliphatic heterocycles. The molecule has 2 aromatic carbocycles. The third-order valence-electron chi connectivity index (χ3n) is 3.43. The molecule has 0 fully saturated rings. The van der Waals surface area contributed by atoms with Gasteiger partial charge in [-0.25, -0.2) is 0 Å². The van der Waals surface area contributed by atoms with Crippen molar-refractivity contribution in [3.8, 4) is 0 Å². The Morgan fingerprint density at radius 1 is 0.700 bits per heavy atom.